The summed E-state index contributed by atoms with van der Waals surface area (Å²) >= 11 is 0. The van der Waals surface area contributed by atoms with Gasteiger partial charge in [0.05, 0.1) is 13.2 Å². The summed E-state index contributed by atoms with van der Waals surface area (Å²) < 4.78 is 4.93. The van der Waals surface area contributed by atoms with Crippen LogP contribution >= 0.6 is 0 Å². The Bertz CT molecular complexity index is 349. The molecule has 2 N–H and O–H groups in total. The molecule has 0 bridgehead atoms. The SMILES string of the molecule is CCC1COC1.Cc1ccccc1.N=C=O.N=C=O. The number of nitrogens with one attached hydrogen (secondary N) is 2. The first kappa shape index (κ1) is 19.3. The van der Waals surface area contributed by atoms with Gasteiger partial charge in [0.15, 0.2) is 0 Å². The van der Waals surface area contributed by atoms with E-state index in [0.29, 0.717) is 0 Å². The van der Waals surface area contributed by atoms with Crippen LogP contribution in [0.2, 0.25) is 0 Å². The van der Waals surface area contributed by atoms with E-state index < -0.39 is 0 Å². The van der Waals surface area contributed by atoms with Crippen molar-refractivity contribution in [3.63, 3.8) is 0 Å². The van der Waals surface area contributed by atoms with E-state index in [1.807, 2.05) is 18.2 Å². The summed E-state index contributed by atoms with van der Waals surface area (Å²) in [6.07, 6.45) is 2.79. The average molecular weight is 264 g/mol. The zero-order valence-electron chi connectivity index (χ0n) is 11.3. The molecule has 0 aliphatic carbocycles. The van der Waals surface area contributed by atoms with Crippen molar-refractivity contribution >= 4 is 12.2 Å². The van der Waals surface area contributed by atoms with Gasteiger partial charge in [-0.1, -0.05) is 42.8 Å². The molecule has 0 saturated carbocycles. The second-order valence-electron chi connectivity index (χ2n) is 3.67. The van der Waals surface area contributed by atoms with Crippen molar-refractivity contribution in [2.75, 3.05) is 13.2 Å². The number of benzene rings is 1. The predicted octanol–water partition coefficient (Wildman–Crippen LogP) is 2.84. The number of aryl methyl sites for hydroxylation is 1. The first-order valence-corrected chi connectivity index (χ1v) is 5.83. The molecule has 0 unspecified atom stereocenters. The van der Waals surface area contributed by atoms with Crippen molar-refractivity contribution in [3.05, 3.63) is 35.9 Å². The minimum absolute atomic E-state index is 0.750. The predicted molar refractivity (Wildman–Crippen MR) is 72.6 cm³/mol. The lowest BCUT2D eigenvalue weighted by Gasteiger charge is -2.23. The van der Waals surface area contributed by atoms with Gasteiger partial charge in [-0.25, -0.2) is 20.4 Å². The maximum atomic E-state index is 8.35. The molecule has 1 aliphatic rings. The van der Waals surface area contributed by atoms with Crippen LogP contribution in [0.15, 0.2) is 30.3 Å². The van der Waals surface area contributed by atoms with Gasteiger partial charge in [-0.15, -0.1) is 0 Å². The summed E-state index contributed by atoms with van der Waals surface area (Å²) in [7, 11) is 0. The van der Waals surface area contributed by atoms with E-state index >= 15 is 0 Å². The molecule has 1 aromatic rings. The van der Waals surface area contributed by atoms with Crippen LogP contribution in [0, 0.1) is 23.7 Å². The Morgan fingerprint density at radius 2 is 1.58 bits per heavy atom. The molecule has 104 valence electrons. The highest BCUT2D eigenvalue weighted by atomic mass is 16.5. The number of carbonyl (C=O) groups excluding carboxylic acids is 2. The van der Waals surface area contributed by atoms with Gasteiger partial charge in [0, 0.05) is 5.92 Å². The Kier molecular flexibility index (Phi) is 16.2. The molecule has 1 aliphatic heterocycles. The fourth-order valence-corrected chi connectivity index (χ4v) is 1.05. The lowest BCUT2D eigenvalue weighted by molar-refractivity contribution is -0.0331. The molecular weight excluding hydrogens is 244 g/mol. The van der Waals surface area contributed by atoms with Gasteiger partial charge in [0.1, 0.15) is 0 Å². The number of hydrogen-bond donors (Lipinski definition) is 2. The van der Waals surface area contributed by atoms with Crippen LogP contribution in [0.3, 0.4) is 0 Å². The monoisotopic (exact) mass is 264 g/mol. The van der Waals surface area contributed by atoms with Crippen molar-refractivity contribution in [1.29, 1.82) is 10.8 Å². The number of hydrogen-bond acceptors (Lipinski definition) is 5. The Morgan fingerprint density at radius 3 is 1.68 bits per heavy atom. The van der Waals surface area contributed by atoms with Gasteiger partial charge in [-0.3, -0.25) is 0 Å². The summed E-state index contributed by atoms with van der Waals surface area (Å²) in [6.45, 7) is 6.31. The molecule has 19 heavy (non-hydrogen) atoms. The van der Waals surface area contributed by atoms with Gasteiger partial charge in [-0.2, -0.15) is 0 Å². The van der Waals surface area contributed by atoms with Crippen molar-refractivity contribution in [2.24, 2.45) is 5.92 Å². The zero-order valence-corrected chi connectivity index (χ0v) is 11.3. The third-order valence-corrected chi connectivity index (χ3v) is 2.22. The summed E-state index contributed by atoms with van der Waals surface area (Å²) in [6, 6.07) is 10.3. The molecule has 0 aromatic heterocycles. The van der Waals surface area contributed by atoms with Crippen LogP contribution in [0.25, 0.3) is 0 Å². The highest BCUT2D eigenvalue weighted by Gasteiger charge is 2.14. The highest BCUT2D eigenvalue weighted by molar-refractivity contribution is 5.26. The summed E-state index contributed by atoms with van der Waals surface area (Å²) in [4.78, 5) is 16.7. The third-order valence-electron chi connectivity index (χ3n) is 2.22. The quantitative estimate of drug-likeness (QED) is 0.603. The minimum atomic E-state index is 0.750. The highest BCUT2D eigenvalue weighted by Crippen LogP contribution is 2.12. The molecule has 1 aromatic carbocycles. The van der Waals surface area contributed by atoms with Crippen molar-refractivity contribution < 1.29 is 14.3 Å². The molecule has 1 heterocycles. The number of isocyanates is 2. The Balaban J connectivity index is 0. The van der Waals surface area contributed by atoms with E-state index in [4.69, 9.17) is 25.1 Å². The molecule has 0 amide bonds. The van der Waals surface area contributed by atoms with Crippen molar-refractivity contribution in [1.82, 2.24) is 0 Å². The van der Waals surface area contributed by atoms with Crippen LogP contribution < -0.4 is 0 Å². The lowest BCUT2D eigenvalue weighted by Crippen LogP contribution is -2.26. The van der Waals surface area contributed by atoms with E-state index in [2.05, 4.69) is 26.0 Å². The van der Waals surface area contributed by atoms with Crippen LogP contribution in [-0.2, 0) is 14.3 Å². The molecule has 0 atom stereocenters. The van der Waals surface area contributed by atoms with Gasteiger partial charge >= 0.3 is 0 Å². The molecule has 5 nitrogen and oxygen atoms in total. The maximum absolute atomic E-state index is 8.35. The van der Waals surface area contributed by atoms with Crippen molar-refractivity contribution in [3.8, 4) is 0 Å². The van der Waals surface area contributed by atoms with Gasteiger partial charge < -0.3 is 4.74 Å². The molecule has 0 spiro atoms. The fraction of sp³-hybridized carbons (Fsp3) is 0.429. The first-order chi connectivity index (χ1) is 9.15. The normalized spacial score (nSPS) is 11.5. The standard InChI is InChI=1S/C7H8.C5H10O.2CHNO/c1-7-5-3-2-4-6-7;1-2-5-3-6-4-5;2*2-1-3/h2-6H,1H3;5H,2-4H2,1H3;2*2H. The molecule has 2 rings (SSSR count). The Labute approximate surface area is 113 Å². The third kappa shape index (κ3) is 15.9. The van der Waals surface area contributed by atoms with Crippen LogP contribution in [0.1, 0.15) is 18.9 Å². The van der Waals surface area contributed by atoms with E-state index in [1.165, 1.54) is 12.0 Å². The second-order valence-corrected chi connectivity index (χ2v) is 3.67. The lowest BCUT2D eigenvalue weighted by atomic mass is 10.1. The fourth-order valence-electron chi connectivity index (χ4n) is 1.05. The van der Waals surface area contributed by atoms with Gasteiger partial charge in [0.25, 0.3) is 0 Å². The van der Waals surface area contributed by atoms with Crippen molar-refractivity contribution in [2.45, 2.75) is 20.3 Å². The molecule has 5 heteroatoms. The second kappa shape index (κ2) is 15.9. The minimum Gasteiger partial charge on any atom is -0.381 e. The largest absolute Gasteiger partial charge is 0.381 e. The van der Waals surface area contributed by atoms with Crippen LogP contribution in [-0.4, -0.2) is 25.4 Å². The van der Waals surface area contributed by atoms with Gasteiger partial charge in [-0.05, 0) is 13.3 Å². The Morgan fingerprint density at radius 1 is 1.16 bits per heavy atom. The zero-order chi connectivity index (χ0) is 14.9. The van der Waals surface area contributed by atoms with Crippen LogP contribution in [0.4, 0.5) is 0 Å². The Hall–Kier alpha value is -2.06. The van der Waals surface area contributed by atoms with E-state index in [1.54, 1.807) is 0 Å². The summed E-state index contributed by atoms with van der Waals surface area (Å²) in [5.41, 5.74) is 1.32. The van der Waals surface area contributed by atoms with Gasteiger partial charge in [0.2, 0.25) is 12.2 Å². The summed E-state index contributed by atoms with van der Waals surface area (Å²) in [5, 5.41) is 10.8. The van der Waals surface area contributed by atoms with Crippen LogP contribution in [0.5, 0.6) is 0 Å². The first-order valence-electron chi connectivity index (χ1n) is 5.83. The average Bonchev–Trinajstić information content (AvgIpc) is 2.31. The van der Waals surface area contributed by atoms with E-state index in [0.717, 1.165) is 31.3 Å². The number of ether oxygens (including phenoxy) is 1. The molecule has 1 fully saturated rings. The van der Waals surface area contributed by atoms with E-state index in [9.17, 15) is 0 Å². The summed E-state index contributed by atoms with van der Waals surface area (Å²) in [5.74, 6) is 0.894. The number of rotatable bonds is 1. The molecular formula is C14H20N2O3. The smallest absolute Gasteiger partial charge is 0.231 e. The maximum Gasteiger partial charge on any atom is 0.231 e. The van der Waals surface area contributed by atoms with E-state index in [-0.39, 0.29) is 0 Å². The molecule has 1 saturated heterocycles. The molecule has 0 radical (unpaired) electrons. The topological polar surface area (TPSA) is 91.1 Å².